The van der Waals surface area contributed by atoms with Gasteiger partial charge in [-0.25, -0.2) is 0 Å². The highest BCUT2D eigenvalue weighted by atomic mass is 32.2. The number of ether oxygens (including phenoxy) is 1. The Kier molecular flexibility index (Phi) is 5.71. The van der Waals surface area contributed by atoms with E-state index in [1.807, 2.05) is 18.8 Å². The third-order valence-electron chi connectivity index (χ3n) is 2.71. The van der Waals surface area contributed by atoms with E-state index in [1.54, 1.807) is 7.11 Å². The highest BCUT2D eigenvalue weighted by Gasteiger charge is 2.08. The first-order valence-corrected chi connectivity index (χ1v) is 6.87. The summed E-state index contributed by atoms with van der Waals surface area (Å²) in [4.78, 5) is 1.37. The lowest BCUT2D eigenvalue weighted by Gasteiger charge is -2.13. The van der Waals surface area contributed by atoms with Gasteiger partial charge in [0, 0.05) is 4.90 Å². The molecule has 1 N–H and O–H groups in total. The van der Waals surface area contributed by atoms with Gasteiger partial charge in [0.2, 0.25) is 0 Å². The van der Waals surface area contributed by atoms with Gasteiger partial charge in [0.15, 0.2) is 0 Å². The van der Waals surface area contributed by atoms with E-state index in [0.717, 1.165) is 25.1 Å². The van der Waals surface area contributed by atoms with Crippen molar-refractivity contribution < 1.29 is 4.74 Å². The van der Waals surface area contributed by atoms with Gasteiger partial charge in [-0.1, -0.05) is 6.92 Å². The van der Waals surface area contributed by atoms with E-state index in [0.29, 0.717) is 0 Å². The van der Waals surface area contributed by atoms with Gasteiger partial charge in [-0.05, 0) is 55.9 Å². The Bertz CT molecular complexity index is 339. The third kappa shape index (κ3) is 3.16. The molecule has 0 saturated heterocycles. The minimum Gasteiger partial charge on any atom is -0.496 e. The van der Waals surface area contributed by atoms with Crippen LogP contribution in [0.3, 0.4) is 0 Å². The van der Waals surface area contributed by atoms with Crippen LogP contribution in [0.5, 0.6) is 5.75 Å². The van der Waals surface area contributed by atoms with Crippen molar-refractivity contribution in [2.24, 2.45) is 0 Å². The molecule has 0 aliphatic carbocycles. The van der Waals surface area contributed by atoms with Crippen LogP contribution in [0, 0.1) is 0 Å². The minimum absolute atomic E-state index is 0.982. The fraction of sp³-hybridized carbons (Fsp3) is 0.538. The molecule has 90 valence electrons. The molecule has 1 rings (SSSR count). The quantitative estimate of drug-likeness (QED) is 0.771. The van der Waals surface area contributed by atoms with E-state index in [9.17, 15) is 0 Å². The van der Waals surface area contributed by atoms with E-state index >= 15 is 0 Å². The zero-order valence-electron chi connectivity index (χ0n) is 10.6. The summed E-state index contributed by atoms with van der Waals surface area (Å²) in [6.07, 6.45) is 4.19. The molecular weight excluding hydrogens is 218 g/mol. The molecule has 0 radical (unpaired) electrons. The van der Waals surface area contributed by atoms with Gasteiger partial charge in [-0.3, -0.25) is 0 Å². The lowest BCUT2D eigenvalue weighted by Crippen LogP contribution is -2.11. The fourth-order valence-corrected chi connectivity index (χ4v) is 2.48. The van der Waals surface area contributed by atoms with Gasteiger partial charge >= 0.3 is 0 Å². The summed E-state index contributed by atoms with van der Waals surface area (Å²) in [6.45, 7) is 3.16. The molecule has 0 saturated carbocycles. The normalized spacial score (nSPS) is 10.5. The molecule has 3 heteroatoms. The molecule has 0 aliphatic rings. The number of likely N-dealkylation sites (N-methyl/N-ethyl adjacent to an activating group) is 1. The average molecular weight is 239 g/mol. The Morgan fingerprint density at radius 3 is 2.56 bits per heavy atom. The molecule has 0 atom stereocenters. The van der Waals surface area contributed by atoms with Crippen LogP contribution in [0.4, 0.5) is 0 Å². The monoisotopic (exact) mass is 239 g/mol. The molecule has 0 fully saturated rings. The first-order valence-electron chi connectivity index (χ1n) is 5.65. The Hall–Kier alpha value is -0.670. The largest absolute Gasteiger partial charge is 0.496 e. The molecule has 0 heterocycles. The van der Waals surface area contributed by atoms with Gasteiger partial charge in [0.1, 0.15) is 5.75 Å². The van der Waals surface area contributed by atoms with Gasteiger partial charge in [-0.15, -0.1) is 11.8 Å². The molecule has 0 unspecified atom stereocenters. The first kappa shape index (κ1) is 13.4. The topological polar surface area (TPSA) is 21.3 Å². The minimum atomic E-state index is 0.982. The smallest absolute Gasteiger partial charge is 0.122 e. The van der Waals surface area contributed by atoms with Crippen molar-refractivity contribution in [2.45, 2.75) is 24.7 Å². The number of benzene rings is 1. The standard InChI is InChI=1S/C13H21NOS/c1-5-10-8-12(15-3)11(6-7-14-2)9-13(10)16-4/h8-9,14H,5-7H2,1-4H3. The van der Waals surface area contributed by atoms with Crippen LogP contribution in [0.15, 0.2) is 17.0 Å². The van der Waals surface area contributed by atoms with Crippen LogP contribution in [-0.2, 0) is 12.8 Å². The number of rotatable bonds is 6. The van der Waals surface area contributed by atoms with Crippen LogP contribution in [0.1, 0.15) is 18.1 Å². The second-order valence-corrected chi connectivity index (χ2v) is 4.53. The lowest BCUT2D eigenvalue weighted by molar-refractivity contribution is 0.408. The molecule has 0 amide bonds. The second kappa shape index (κ2) is 6.81. The predicted molar refractivity (Wildman–Crippen MR) is 71.8 cm³/mol. The Labute approximate surface area is 103 Å². The third-order valence-corrected chi connectivity index (χ3v) is 3.53. The number of aryl methyl sites for hydroxylation is 1. The zero-order chi connectivity index (χ0) is 12.0. The van der Waals surface area contributed by atoms with Crippen molar-refractivity contribution in [1.82, 2.24) is 5.32 Å². The lowest BCUT2D eigenvalue weighted by atomic mass is 10.1. The molecule has 16 heavy (non-hydrogen) atoms. The van der Waals surface area contributed by atoms with Crippen LogP contribution >= 0.6 is 11.8 Å². The maximum Gasteiger partial charge on any atom is 0.122 e. The Morgan fingerprint density at radius 1 is 1.31 bits per heavy atom. The highest BCUT2D eigenvalue weighted by Crippen LogP contribution is 2.29. The van der Waals surface area contributed by atoms with Crippen molar-refractivity contribution in [3.05, 3.63) is 23.3 Å². The zero-order valence-corrected chi connectivity index (χ0v) is 11.4. The molecule has 1 aromatic rings. The van der Waals surface area contributed by atoms with Crippen molar-refractivity contribution in [3.8, 4) is 5.75 Å². The summed E-state index contributed by atoms with van der Waals surface area (Å²) in [7, 11) is 3.72. The van der Waals surface area contributed by atoms with Gasteiger partial charge in [0.25, 0.3) is 0 Å². The predicted octanol–water partition coefficient (Wildman–Crippen LogP) is 2.74. The number of methoxy groups -OCH3 is 1. The molecular formula is C13H21NOS. The number of hydrogen-bond acceptors (Lipinski definition) is 3. The highest BCUT2D eigenvalue weighted by molar-refractivity contribution is 7.98. The van der Waals surface area contributed by atoms with Crippen LogP contribution in [0.2, 0.25) is 0 Å². The molecule has 2 nitrogen and oxygen atoms in total. The van der Waals surface area contributed by atoms with Crippen LogP contribution < -0.4 is 10.1 Å². The molecule has 0 bridgehead atoms. The summed E-state index contributed by atoms with van der Waals surface area (Å²) < 4.78 is 5.45. The van der Waals surface area contributed by atoms with Crippen LogP contribution in [-0.4, -0.2) is 27.0 Å². The second-order valence-electron chi connectivity index (χ2n) is 3.68. The maximum atomic E-state index is 5.45. The SMILES string of the molecule is CCc1cc(OC)c(CCNC)cc1SC. The van der Waals surface area contributed by atoms with Crippen molar-refractivity contribution in [3.63, 3.8) is 0 Å². The van der Waals surface area contributed by atoms with Gasteiger partial charge in [0.05, 0.1) is 7.11 Å². The van der Waals surface area contributed by atoms with E-state index in [2.05, 4.69) is 30.6 Å². The number of hydrogen-bond donors (Lipinski definition) is 1. The Morgan fingerprint density at radius 2 is 2.06 bits per heavy atom. The molecule has 0 aliphatic heterocycles. The van der Waals surface area contributed by atoms with Crippen LogP contribution in [0.25, 0.3) is 0 Å². The Balaban J connectivity index is 3.05. The average Bonchev–Trinajstić information content (AvgIpc) is 2.35. The number of thioether (sulfide) groups is 1. The summed E-state index contributed by atoms with van der Waals surface area (Å²) in [5.41, 5.74) is 2.66. The van der Waals surface area contributed by atoms with Gasteiger partial charge < -0.3 is 10.1 Å². The summed E-state index contributed by atoms with van der Waals surface area (Å²) in [5, 5.41) is 3.17. The van der Waals surface area contributed by atoms with E-state index in [-0.39, 0.29) is 0 Å². The molecule has 0 aromatic heterocycles. The molecule has 0 spiro atoms. The fourth-order valence-electron chi connectivity index (χ4n) is 1.76. The number of nitrogens with one attached hydrogen (secondary N) is 1. The van der Waals surface area contributed by atoms with E-state index < -0.39 is 0 Å². The first-order chi connectivity index (χ1) is 7.76. The van der Waals surface area contributed by atoms with Crippen molar-refractivity contribution in [2.75, 3.05) is 27.0 Å². The summed E-state index contributed by atoms with van der Waals surface area (Å²) in [6, 6.07) is 4.44. The van der Waals surface area contributed by atoms with Crippen molar-refractivity contribution >= 4 is 11.8 Å². The van der Waals surface area contributed by atoms with E-state index in [4.69, 9.17) is 4.74 Å². The molecule has 1 aromatic carbocycles. The van der Waals surface area contributed by atoms with E-state index in [1.165, 1.54) is 16.0 Å². The maximum absolute atomic E-state index is 5.45. The summed E-state index contributed by atoms with van der Waals surface area (Å²) >= 11 is 1.81. The summed E-state index contributed by atoms with van der Waals surface area (Å²) in [5.74, 6) is 1.02. The van der Waals surface area contributed by atoms with Gasteiger partial charge in [-0.2, -0.15) is 0 Å². The van der Waals surface area contributed by atoms with Crippen molar-refractivity contribution in [1.29, 1.82) is 0 Å².